The van der Waals surface area contributed by atoms with E-state index in [-0.39, 0.29) is 17.7 Å². The monoisotopic (exact) mass is 169 g/mol. The summed E-state index contributed by atoms with van der Waals surface area (Å²) >= 11 is 0. The van der Waals surface area contributed by atoms with Crippen molar-refractivity contribution in [1.29, 1.82) is 0 Å². The van der Waals surface area contributed by atoms with Gasteiger partial charge in [-0.1, -0.05) is 6.08 Å². The van der Waals surface area contributed by atoms with Crippen LogP contribution in [0.15, 0.2) is 24.1 Å². The Kier molecular flexibility index (Phi) is 3.02. The summed E-state index contributed by atoms with van der Waals surface area (Å²) in [4.78, 5) is 10.9. The maximum atomic E-state index is 12.5. The van der Waals surface area contributed by atoms with E-state index < -0.39 is 0 Å². The fourth-order valence-corrected chi connectivity index (χ4v) is 1.13. The van der Waals surface area contributed by atoms with Gasteiger partial charge in [0.15, 0.2) is 0 Å². The molecule has 0 heterocycles. The number of rotatable bonds is 2. The second-order valence-corrected chi connectivity index (χ2v) is 2.82. The molecule has 12 heavy (non-hydrogen) atoms. The second kappa shape index (κ2) is 4.04. The Bertz CT molecular complexity index is 233. The van der Waals surface area contributed by atoms with E-state index in [0.29, 0.717) is 12.8 Å². The highest BCUT2D eigenvalue weighted by Gasteiger charge is 2.11. The zero-order valence-electron chi connectivity index (χ0n) is 7.01. The topological polar surface area (TPSA) is 29.1 Å². The summed E-state index contributed by atoms with van der Waals surface area (Å²) in [6.45, 7) is 0. The van der Waals surface area contributed by atoms with Gasteiger partial charge in [0.25, 0.3) is 0 Å². The lowest BCUT2D eigenvalue weighted by atomic mass is 9.97. The van der Waals surface area contributed by atoms with Crippen molar-refractivity contribution in [3.05, 3.63) is 24.1 Å². The first kappa shape index (κ1) is 8.97. The summed E-state index contributed by atoms with van der Waals surface area (Å²) in [6.07, 6.45) is 5.72. The van der Waals surface area contributed by atoms with Gasteiger partial charge in [-0.2, -0.15) is 0 Å². The van der Waals surface area contributed by atoms with Crippen LogP contribution in [0.3, 0.4) is 0 Å². The van der Waals surface area contributed by atoms with Crippen LogP contribution in [0.5, 0.6) is 0 Å². The molecule has 0 saturated heterocycles. The summed E-state index contributed by atoms with van der Waals surface area (Å²) in [5.41, 5.74) is 0. The zero-order chi connectivity index (χ0) is 8.97. The van der Waals surface area contributed by atoms with Gasteiger partial charge in [0.2, 0.25) is 5.91 Å². The number of allylic oxidation sites excluding steroid dienone is 4. The molecule has 0 aromatic rings. The molecule has 0 bridgehead atoms. The van der Waals surface area contributed by atoms with Crippen molar-refractivity contribution in [3.8, 4) is 0 Å². The molecule has 1 aliphatic carbocycles. The third-order valence-electron chi connectivity index (χ3n) is 1.87. The third kappa shape index (κ3) is 2.49. The average Bonchev–Trinajstić information content (AvgIpc) is 2.09. The van der Waals surface area contributed by atoms with E-state index in [1.165, 1.54) is 12.2 Å². The van der Waals surface area contributed by atoms with Crippen molar-refractivity contribution in [2.75, 3.05) is 7.05 Å². The molecular formula is C9H12FNO. The first-order valence-electron chi connectivity index (χ1n) is 3.97. The van der Waals surface area contributed by atoms with Gasteiger partial charge in [0.1, 0.15) is 5.83 Å². The number of carbonyl (C=O) groups is 1. The quantitative estimate of drug-likeness (QED) is 0.667. The predicted octanol–water partition coefficient (Wildman–Crippen LogP) is 1.55. The largest absolute Gasteiger partial charge is 0.359 e. The lowest BCUT2D eigenvalue weighted by Gasteiger charge is -2.11. The number of amides is 1. The first-order chi connectivity index (χ1) is 5.72. The van der Waals surface area contributed by atoms with Crippen LogP contribution in [0.4, 0.5) is 4.39 Å². The van der Waals surface area contributed by atoms with Crippen molar-refractivity contribution in [2.24, 2.45) is 5.92 Å². The summed E-state index contributed by atoms with van der Waals surface area (Å²) in [7, 11) is 1.60. The number of nitrogens with one attached hydrogen (secondary N) is 1. The van der Waals surface area contributed by atoms with Crippen LogP contribution < -0.4 is 5.32 Å². The van der Waals surface area contributed by atoms with Crippen LogP contribution >= 0.6 is 0 Å². The highest BCUT2D eigenvalue weighted by Crippen LogP contribution is 2.19. The van der Waals surface area contributed by atoms with Gasteiger partial charge in [-0.3, -0.25) is 4.79 Å². The van der Waals surface area contributed by atoms with Crippen molar-refractivity contribution < 1.29 is 9.18 Å². The molecule has 0 aromatic heterocycles. The highest BCUT2D eigenvalue weighted by atomic mass is 19.1. The summed E-state index contributed by atoms with van der Waals surface area (Å²) in [6, 6.07) is 0. The molecule has 1 aliphatic rings. The minimum atomic E-state index is -0.205. The Morgan fingerprint density at radius 1 is 1.83 bits per heavy atom. The fourth-order valence-electron chi connectivity index (χ4n) is 1.13. The molecule has 2 nitrogen and oxygen atoms in total. The Balaban J connectivity index is 2.38. The number of halogens is 1. The molecule has 0 aromatic carbocycles. The zero-order valence-corrected chi connectivity index (χ0v) is 7.01. The van der Waals surface area contributed by atoms with Crippen LogP contribution in [0, 0.1) is 5.92 Å². The SMILES string of the molecule is CNC(=O)CC1C=CC(F)=CC1. The molecule has 0 radical (unpaired) electrons. The maximum absolute atomic E-state index is 12.5. The number of hydrogen-bond acceptors (Lipinski definition) is 1. The Morgan fingerprint density at radius 3 is 3.08 bits per heavy atom. The molecule has 0 spiro atoms. The van der Waals surface area contributed by atoms with E-state index in [9.17, 15) is 9.18 Å². The van der Waals surface area contributed by atoms with Crippen LogP contribution in [0.1, 0.15) is 12.8 Å². The lowest BCUT2D eigenvalue weighted by Crippen LogP contribution is -2.20. The van der Waals surface area contributed by atoms with Gasteiger partial charge in [-0.25, -0.2) is 4.39 Å². The van der Waals surface area contributed by atoms with Crippen molar-refractivity contribution in [2.45, 2.75) is 12.8 Å². The Morgan fingerprint density at radius 2 is 2.58 bits per heavy atom. The first-order valence-corrected chi connectivity index (χ1v) is 3.97. The average molecular weight is 169 g/mol. The van der Waals surface area contributed by atoms with Gasteiger partial charge in [-0.05, 0) is 24.5 Å². The minimum Gasteiger partial charge on any atom is -0.359 e. The third-order valence-corrected chi connectivity index (χ3v) is 1.87. The predicted molar refractivity (Wildman–Crippen MR) is 45.1 cm³/mol. The lowest BCUT2D eigenvalue weighted by molar-refractivity contribution is -0.121. The van der Waals surface area contributed by atoms with E-state index in [1.54, 1.807) is 13.1 Å². The van der Waals surface area contributed by atoms with Crippen molar-refractivity contribution >= 4 is 5.91 Å². The van der Waals surface area contributed by atoms with Crippen LogP contribution in [-0.4, -0.2) is 13.0 Å². The van der Waals surface area contributed by atoms with Gasteiger partial charge in [0, 0.05) is 13.5 Å². The fraction of sp³-hybridized carbons (Fsp3) is 0.444. The molecule has 0 aliphatic heterocycles. The Labute approximate surface area is 71.2 Å². The molecule has 1 rings (SSSR count). The van der Waals surface area contributed by atoms with Gasteiger partial charge < -0.3 is 5.32 Å². The van der Waals surface area contributed by atoms with Crippen LogP contribution in [0.2, 0.25) is 0 Å². The molecule has 0 saturated carbocycles. The number of carbonyl (C=O) groups excluding carboxylic acids is 1. The van der Waals surface area contributed by atoms with E-state index in [1.807, 2.05) is 0 Å². The molecular weight excluding hydrogens is 157 g/mol. The number of hydrogen-bond donors (Lipinski definition) is 1. The normalized spacial score (nSPS) is 21.8. The van der Waals surface area contributed by atoms with Gasteiger partial charge in [-0.15, -0.1) is 0 Å². The highest BCUT2D eigenvalue weighted by molar-refractivity contribution is 5.76. The summed E-state index contributed by atoms with van der Waals surface area (Å²) in [5, 5.41) is 2.54. The van der Waals surface area contributed by atoms with Crippen molar-refractivity contribution in [1.82, 2.24) is 5.32 Å². The van der Waals surface area contributed by atoms with E-state index in [2.05, 4.69) is 5.32 Å². The minimum absolute atomic E-state index is 0.000332. The molecule has 66 valence electrons. The van der Waals surface area contributed by atoms with E-state index in [4.69, 9.17) is 0 Å². The van der Waals surface area contributed by atoms with Crippen LogP contribution in [-0.2, 0) is 4.79 Å². The smallest absolute Gasteiger partial charge is 0.220 e. The van der Waals surface area contributed by atoms with Gasteiger partial charge >= 0.3 is 0 Å². The van der Waals surface area contributed by atoms with Crippen LogP contribution in [0.25, 0.3) is 0 Å². The van der Waals surface area contributed by atoms with Crippen molar-refractivity contribution in [3.63, 3.8) is 0 Å². The molecule has 1 atom stereocenters. The maximum Gasteiger partial charge on any atom is 0.220 e. The standard InChI is InChI=1S/C9H12FNO/c1-11-9(12)6-7-2-4-8(10)5-3-7/h2,4-5,7H,3,6H2,1H3,(H,11,12). The van der Waals surface area contributed by atoms with Gasteiger partial charge in [0.05, 0.1) is 0 Å². The van der Waals surface area contributed by atoms with E-state index >= 15 is 0 Å². The Hall–Kier alpha value is -1.12. The molecule has 3 heteroatoms. The molecule has 0 fully saturated rings. The summed E-state index contributed by atoms with van der Waals surface area (Å²) < 4.78 is 12.5. The molecule has 1 amide bonds. The molecule has 1 N–H and O–H groups in total. The molecule has 1 unspecified atom stereocenters. The second-order valence-electron chi connectivity index (χ2n) is 2.82. The van der Waals surface area contributed by atoms with E-state index in [0.717, 1.165) is 0 Å². The summed E-state index contributed by atoms with van der Waals surface area (Å²) in [5.74, 6) is -0.0482.